The lowest BCUT2D eigenvalue weighted by Crippen LogP contribution is -2.50. The maximum Gasteiger partial charge on any atom is 0.0113 e. The van der Waals surface area contributed by atoms with Crippen molar-refractivity contribution < 1.29 is 0 Å². The van der Waals surface area contributed by atoms with Gasteiger partial charge in [0.1, 0.15) is 0 Å². The van der Waals surface area contributed by atoms with Gasteiger partial charge in [-0.3, -0.25) is 4.90 Å². The standard InChI is InChI=1S/C14H28N2/c1-4-13-9-14(10-13)11-15-5-7-16(8-6-15)12(2)3/h12-14H,4-11H2,1-3H3. The van der Waals surface area contributed by atoms with Crippen molar-refractivity contribution in [3.05, 3.63) is 0 Å². The molecule has 1 aliphatic heterocycles. The quantitative estimate of drug-likeness (QED) is 0.724. The zero-order chi connectivity index (χ0) is 11.5. The highest BCUT2D eigenvalue weighted by molar-refractivity contribution is 4.83. The first-order chi connectivity index (χ1) is 7.69. The summed E-state index contributed by atoms with van der Waals surface area (Å²) in [4.78, 5) is 5.29. The van der Waals surface area contributed by atoms with E-state index in [1.54, 1.807) is 0 Å². The molecule has 0 aromatic carbocycles. The molecule has 1 aliphatic carbocycles. The van der Waals surface area contributed by atoms with E-state index in [2.05, 4.69) is 30.6 Å². The summed E-state index contributed by atoms with van der Waals surface area (Å²) in [5.74, 6) is 2.08. The maximum atomic E-state index is 2.69. The Kier molecular flexibility index (Phi) is 4.26. The van der Waals surface area contributed by atoms with Crippen LogP contribution in [0.2, 0.25) is 0 Å². The second-order valence-electron chi connectivity index (χ2n) is 6.04. The van der Waals surface area contributed by atoms with Gasteiger partial charge in [-0.05, 0) is 38.5 Å². The van der Waals surface area contributed by atoms with E-state index in [0.717, 1.165) is 17.9 Å². The van der Waals surface area contributed by atoms with E-state index in [4.69, 9.17) is 0 Å². The second kappa shape index (κ2) is 5.50. The highest BCUT2D eigenvalue weighted by atomic mass is 15.3. The average molecular weight is 224 g/mol. The summed E-state index contributed by atoms with van der Waals surface area (Å²) in [7, 11) is 0. The fraction of sp³-hybridized carbons (Fsp3) is 1.00. The molecule has 2 nitrogen and oxygen atoms in total. The monoisotopic (exact) mass is 224 g/mol. The fourth-order valence-corrected chi connectivity index (χ4v) is 3.18. The van der Waals surface area contributed by atoms with Crippen molar-refractivity contribution in [2.45, 2.75) is 46.1 Å². The summed E-state index contributed by atoms with van der Waals surface area (Å²) in [6.07, 6.45) is 4.40. The average Bonchev–Trinajstić information content (AvgIpc) is 2.23. The Labute approximate surface area is 101 Å². The van der Waals surface area contributed by atoms with Crippen LogP contribution in [0.15, 0.2) is 0 Å². The predicted octanol–water partition coefficient (Wildman–Crippen LogP) is 2.45. The first-order valence-corrected chi connectivity index (χ1v) is 7.15. The third kappa shape index (κ3) is 2.98. The topological polar surface area (TPSA) is 6.48 Å². The molecule has 0 amide bonds. The molecule has 2 heteroatoms. The van der Waals surface area contributed by atoms with Gasteiger partial charge in [0.2, 0.25) is 0 Å². The van der Waals surface area contributed by atoms with Crippen LogP contribution in [-0.2, 0) is 0 Å². The predicted molar refractivity (Wildman–Crippen MR) is 69.7 cm³/mol. The minimum Gasteiger partial charge on any atom is -0.301 e. The molecule has 0 aromatic heterocycles. The molecule has 16 heavy (non-hydrogen) atoms. The molecule has 0 bridgehead atoms. The van der Waals surface area contributed by atoms with Gasteiger partial charge in [0, 0.05) is 38.8 Å². The van der Waals surface area contributed by atoms with E-state index in [0.29, 0.717) is 0 Å². The van der Waals surface area contributed by atoms with Crippen LogP contribution in [0.25, 0.3) is 0 Å². The molecular weight excluding hydrogens is 196 g/mol. The normalized spacial score (nSPS) is 33.0. The van der Waals surface area contributed by atoms with Crippen LogP contribution < -0.4 is 0 Å². The largest absolute Gasteiger partial charge is 0.301 e. The van der Waals surface area contributed by atoms with Gasteiger partial charge in [0.05, 0.1) is 0 Å². The van der Waals surface area contributed by atoms with Crippen molar-refractivity contribution in [1.82, 2.24) is 9.80 Å². The Hall–Kier alpha value is -0.0800. The summed E-state index contributed by atoms with van der Waals surface area (Å²) in [5.41, 5.74) is 0. The molecule has 1 saturated carbocycles. The molecule has 1 saturated heterocycles. The Bertz CT molecular complexity index is 201. The Morgan fingerprint density at radius 2 is 1.62 bits per heavy atom. The number of hydrogen-bond acceptors (Lipinski definition) is 2. The van der Waals surface area contributed by atoms with Crippen LogP contribution in [0, 0.1) is 11.8 Å². The first kappa shape index (κ1) is 12.4. The van der Waals surface area contributed by atoms with Crippen LogP contribution in [0.3, 0.4) is 0 Å². The van der Waals surface area contributed by atoms with Gasteiger partial charge < -0.3 is 4.90 Å². The Balaban J connectivity index is 1.63. The molecule has 1 heterocycles. The second-order valence-corrected chi connectivity index (χ2v) is 6.04. The zero-order valence-corrected chi connectivity index (χ0v) is 11.3. The first-order valence-electron chi connectivity index (χ1n) is 7.15. The number of piperazine rings is 1. The molecular formula is C14H28N2. The fourth-order valence-electron chi connectivity index (χ4n) is 3.18. The van der Waals surface area contributed by atoms with Gasteiger partial charge in [-0.15, -0.1) is 0 Å². The number of rotatable bonds is 4. The van der Waals surface area contributed by atoms with Crippen LogP contribution in [0.1, 0.15) is 40.0 Å². The van der Waals surface area contributed by atoms with Gasteiger partial charge >= 0.3 is 0 Å². The lowest BCUT2D eigenvalue weighted by molar-refractivity contribution is 0.0665. The lowest BCUT2D eigenvalue weighted by atomic mass is 9.73. The van der Waals surface area contributed by atoms with Crippen LogP contribution >= 0.6 is 0 Å². The SMILES string of the molecule is CCC1CC(CN2CCN(C(C)C)CC2)C1. The molecule has 0 aromatic rings. The molecule has 2 fully saturated rings. The third-order valence-corrected chi connectivity index (χ3v) is 4.56. The summed E-state index contributed by atoms with van der Waals surface area (Å²) in [6, 6.07) is 0.732. The van der Waals surface area contributed by atoms with Gasteiger partial charge in [0.25, 0.3) is 0 Å². The summed E-state index contributed by atoms with van der Waals surface area (Å²) in [5, 5.41) is 0. The van der Waals surface area contributed by atoms with Gasteiger partial charge in [-0.25, -0.2) is 0 Å². The molecule has 2 aliphatic rings. The van der Waals surface area contributed by atoms with E-state index in [-0.39, 0.29) is 0 Å². The Morgan fingerprint density at radius 3 is 2.12 bits per heavy atom. The smallest absolute Gasteiger partial charge is 0.0113 e. The van der Waals surface area contributed by atoms with Crippen molar-refractivity contribution in [2.24, 2.45) is 11.8 Å². The molecule has 2 rings (SSSR count). The van der Waals surface area contributed by atoms with Crippen LogP contribution in [0.5, 0.6) is 0 Å². The van der Waals surface area contributed by atoms with E-state index in [1.807, 2.05) is 0 Å². The minimum absolute atomic E-state index is 0.732. The van der Waals surface area contributed by atoms with Crippen molar-refractivity contribution >= 4 is 0 Å². The molecule has 0 spiro atoms. The molecule has 0 N–H and O–H groups in total. The molecule has 0 atom stereocenters. The van der Waals surface area contributed by atoms with E-state index >= 15 is 0 Å². The molecule has 94 valence electrons. The molecule has 0 radical (unpaired) electrons. The Morgan fingerprint density at radius 1 is 1.00 bits per heavy atom. The number of hydrogen-bond donors (Lipinski definition) is 0. The van der Waals surface area contributed by atoms with Gasteiger partial charge in [0.15, 0.2) is 0 Å². The van der Waals surface area contributed by atoms with Crippen LogP contribution in [0.4, 0.5) is 0 Å². The van der Waals surface area contributed by atoms with E-state index < -0.39 is 0 Å². The van der Waals surface area contributed by atoms with Crippen molar-refractivity contribution in [3.8, 4) is 0 Å². The molecule has 0 unspecified atom stereocenters. The van der Waals surface area contributed by atoms with Crippen LogP contribution in [-0.4, -0.2) is 48.6 Å². The minimum atomic E-state index is 0.732. The summed E-state index contributed by atoms with van der Waals surface area (Å²) in [6.45, 7) is 13.5. The highest BCUT2D eigenvalue weighted by Crippen LogP contribution is 2.36. The summed E-state index contributed by atoms with van der Waals surface area (Å²) >= 11 is 0. The number of nitrogens with zero attached hydrogens (tertiary/aromatic N) is 2. The van der Waals surface area contributed by atoms with Gasteiger partial charge in [-0.1, -0.05) is 13.3 Å². The van der Waals surface area contributed by atoms with E-state index in [9.17, 15) is 0 Å². The van der Waals surface area contributed by atoms with Crippen molar-refractivity contribution in [2.75, 3.05) is 32.7 Å². The highest BCUT2D eigenvalue weighted by Gasteiger charge is 2.30. The lowest BCUT2D eigenvalue weighted by Gasteiger charge is -2.42. The third-order valence-electron chi connectivity index (χ3n) is 4.56. The van der Waals surface area contributed by atoms with Gasteiger partial charge in [-0.2, -0.15) is 0 Å². The zero-order valence-electron chi connectivity index (χ0n) is 11.3. The van der Waals surface area contributed by atoms with Crippen molar-refractivity contribution in [1.29, 1.82) is 0 Å². The summed E-state index contributed by atoms with van der Waals surface area (Å²) < 4.78 is 0. The van der Waals surface area contributed by atoms with Crippen molar-refractivity contribution in [3.63, 3.8) is 0 Å². The van der Waals surface area contributed by atoms with E-state index in [1.165, 1.54) is 52.0 Å². The maximum absolute atomic E-state index is 2.69.